The second kappa shape index (κ2) is 71.0. The fraction of sp³-hybridized carbons (Fsp3) is 0.634. The summed E-state index contributed by atoms with van der Waals surface area (Å²) in [6.45, 7) is 71.0. The fourth-order valence-electron chi connectivity index (χ4n) is 14.9. The van der Waals surface area contributed by atoms with Gasteiger partial charge in [0, 0.05) is 172 Å². The first-order valence-electron chi connectivity index (χ1n) is 50.6. The van der Waals surface area contributed by atoms with Crippen molar-refractivity contribution in [3.05, 3.63) is 238 Å². The topological polar surface area (TPSA) is 227 Å². The number of rotatable bonds is 25. The molecule has 13 heterocycles. The van der Waals surface area contributed by atoms with Crippen LogP contribution in [0.15, 0.2) is 165 Å². The van der Waals surface area contributed by atoms with Crippen LogP contribution in [0.1, 0.15) is 406 Å². The van der Waals surface area contributed by atoms with Gasteiger partial charge in [0.15, 0.2) is 9.84 Å². The van der Waals surface area contributed by atoms with Crippen molar-refractivity contribution >= 4 is 38.9 Å². The van der Waals surface area contributed by atoms with Crippen molar-refractivity contribution in [1.29, 1.82) is 0 Å². The molecular weight excluding hydrogens is 1840 g/mol. The summed E-state index contributed by atoms with van der Waals surface area (Å²) in [4.78, 5) is 58.1. The van der Waals surface area contributed by atoms with Crippen molar-refractivity contribution in [2.75, 3.05) is 179 Å². The molecule has 3 unspecified atom stereocenters. The van der Waals surface area contributed by atoms with E-state index in [1.807, 2.05) is 98.7 Å². The van der Waals surface area contributed by atoms with E-state index in [2.05, 4.69) is 373 Å². The Kier molecular flexibility index (Phi) is 70.7. The van der Waals surface area contributed by atoms with E-state index in [1.165, 1.54) is 95.4 Å². The number of likely N-dealkylation sites (tertiary alicyclic amines) is 2. The minimum Gasteiger partial charge on any atom is -0.395 e. The number of likely N-dealkylation sites (N-methyl/N-ethyl adjacent to an activating group) is 5. The Balaban J connectivity index is -0.000000511. The number of morpholine rings is 1. The highest BCUT2D eigenvalue weighted by Crippen LogP contribution is 2.32. The minimum absolute atomic E-state index is 0. The van der Waals surface area contributed by atoms with E-state index >= 15 is 0 Å². The standard InChI is InChI=1S/C14H23N3.C14H22N2O.C14H22N2.C13H23N3.C13H21N.C12H18N2O.C12H19NO2S.C11H18N2O.C11H18N2.9CH4/c1-11(2)12-5-6-14(15-9-12)17(4)13-7-8-16(3)10-13;1-11(2)13-4-5-14(15-10-13)12(3)16-6-8-17-9-7-16;1-11(2)13-6-7-14(15-10-13)12(3)16-8-4-5-9-16;1-11(2)12-6-7-13(14-10-12)16(5)9-8-15(3)4;1-12(2,3)10-7-8-11(14-9-10)13(4,5)6;1-9(2)10-3-4-12(13-7-10)14-11-5-6-15-8-11;1-9(2)10-6-7-11(13-8-10)12(3,4)16(5,14)15;1-9(2)10-4-5-11(12-8-10)13(3)6-7-14;1-11(2,3)9-6-7-10(12-8-9)13(4)5;;;;;;;;;/h5-6,9,11,13H,7-8,10H2,1-4H3;4-5,10-12H,6-9H2,1-3H3;6-7,10-12H,4-5,8-9H2,1-3H3;6-7,10-11H,8-9H2,1-5H3;7-9H,1-6H3;3-4,7,9,11H,5-6,8H2,1-2H3,(H,13,14);6-9H,1-5H3;4-5,8-9,14H,6-7H2,1-3H3;6-8H,1-5H3;9*1H4/t;;;;;11-;;;;;;;;;;;;/m.....1............/s1. The van der Waals surface area contributed by atoms with Crippen molar-refractivity contribution in [2.24, 2.45) is 0 Å². The van der Waals surface area contributed by atoms with Gasteiger partial charge in [-0.15, -0.1) is 0 Å². The largest absolute Gasteiger partial charge is 0.395 e. The predicted molar refractivity (Wildman–Crippen MR) is 645 cm³/mol. The number of nitrogens with zero attached hydrogens (tertiary/aromatic N) is 17. The minimum atomic E-state index is -3.15. The molecule has 24 heteroatoms. The zero-order valence-electron chi connectivity index (χ0n) is 92.3. The molecule has 4 aliphatic rings. The molecule has 9 aromatic heterocycles. The van der Waals surface area contributed by atoms with Gasteiger partial charge in [-0.05, 0) is 251 Å². The van der Waals surface area contributed by atoms with Crippen LogP contribution in [0.3, 0.4) is 0 Å². The van der Waals surface area contributed by atoms with E-state index in [0.29, 0.717) is 77.8 Å². The number of nitrogens with one attached hydrogen (secondary N) is 1. The molecule has 0 radical (unpaired) electrons. The Hall–Kier alpha value is -8.98. The number of anilines is 5. The molecule has 0 aromatic carbocycles. The van der Waals surface area contributed by atoms with Crippen molar-refractivity contribution in [2.45, 2.75) is 366 Å². The Morgan fingerprint density at radius 1 is 0.381 bits per heavy atom. The summed E-state index contributed by atoms with van der Waals surface area (Å²) in [5.41, 5.74) is 16.1. The third-order valence-electron chi connectivity index (χ3n) is 26.0. The van der Waals surface area contributed by atoms with Crippen molar-refractivity contribution in [1.82, 2.24) is 64.5 Å². The summed E-state index contributed by atoms with van der Waals surface area (Å²) in [5.74, 6) is 8.70. The average Bonchev–Trinajstić information content (AvgIpc) is 0.945. The van der Waals surface area contributed by atoms with Gasteiger partial charge in [0.1, 0.15) is 33.8 Å². The van der Waals surface area contributed by atoms with Gasteiger partial charge in [-0.1, -0.05) is 281 Å². The summed E-state index contributed by atoms with van der Waals surface area (Å²) >= 11 is 0. The molecule has 0 amide bonds. The molecule has 4 fully saturated rings. The van der Waals surface area contributed by atoms with Crippen LogP contribution in [-0.2, 0) is 40.3 Å². The van der Waals surface area contributed by atoms with E-state index in [4.69, 9.17) is 14.6 Å². The highest BCUT2D eigenvalue weighted by atomic mass is 32.2. The number of aliphatic hydroxyl groups is 1. The number of hydrogen-bond acceptors (Lipinski definition) is 23. The molecular formula is C123H220N18O5S. The average molecular weight is 2060 g/mol. The van der Waals surface area contributed by atoms with Gasteiger partial charge >= 0.3 is 0 Å². The van der Waals surface area contributed by atoms with Crippen LogP contribution in [0.25, 0.3) is 0 Å². The first-order valence-corrected chi connectivity index (χ1v) is 52.5. The zero-order valence-corrected chi connectivity index (χ0v) is 93.1. The molecule has 2 N–H and O–H groups in total. The number of ether oxygens (including phenoxy) is 2. The molecule has 4 saturated heterocycles. The summed E-state index contributed by atoms with van der Waals surface area (Å²) in [6, 6.07) is 39.8. The van der Waals surface area contributed by atoms with E-state index in [0.717, 1.165) is 112 Å². The molecule has 0 bridgehead atoms. The second-order valence-corrected chi connectivity index (χ2v) is 46.4. The zero-order chi connectivity index (χ0) is 103. The summed E-state index contributed by atoms with van der Waals surface area (Å²) in [7, 11) is 13.4. The Bertz CT molecular complexity index is 4820. The fourth-order valence-corrected chi connectivity index (χ4v) is 15.4. The maximum absolute atomic E-state index is 11.6. The van der Waals surface area contributed by atoms with Gasteiger partial charge in [0.05, 0.1) is 49.6 Å². The number of aromatic nitrogens is 9. The van der Waals surface area contributed by atoms with Gasteiger partial charge in [0.25, 0.3) is 0 Å². The van der Waals surface area contributed by atoms with E-state index in [9.17, 15) is 8.42 Å². The normalized spacial score (nSPS) is 14.8. The maximum Gasteiger partial charge on any atom is 0.158 e. The highest BCUT2D eigenvalue weighted by molar-refractivity contribution is 7.91. The van der Waals surface area contributed by atoms with Crippen molar-refractivity contribution < 1.29 is 23.0 Å². The molecule has 838 valence electrons. The summed E-state index contributed by atoms with van der Waals surface area (Å²) in [6.07, 6.45) is 23.8. The second-order valence-electron chi connectivity index (χ2n) is 43.8. The lowest BCUT2D eigenvalue weighted by atomic mass is 9.86. The van der Waals surface area contributed by atoms with Gasteiger partial charge in [-0.25, -0.2) is 33.3 Å². The number of hydrogen-bond donors (Lipinski definition) is 2. The molecule has 0 saturated carbocycles. The third-order valence-corrected chi connectivity index (χ3v) is 28.0. The van der Waals surface area contributed by atoms with Crippen molar-refractivity contribution in [3.8, 4) is 0 Å². The molecule has 4 aliphatic heterocycles. The van der Waals surface area contributed by atoms with Crippen LogP contribution in [0.2, 0.25) is 0 Å². The van der Waals surface area contributed by atoms with Crippen molar-refractivity contribution in [3.63, 3.8) is 0 Å². The molecule has 9 aromatic rings. The van der Waals surface area contributed by atoms with Crippen LogP contribution >= 0.6 is 0 Å². The van der Waals surface area contributed by atoms with Crippen LogP contribution in [0.5, 0.6) is 0 Å². The summed E-state index contributed by atoms with van der Waals surface area (Å²) in [5, 5.41) is 12.1. The van der Waals surface area contributed by atoms with Gasteiger partial charge in [-0.2, -0.15) is 0 Å². The Morgan fingerprint density at radius 2 is 0.735 bits per heavy atom. The Morgan fingerprint density at radius 3 is 1.03 bits per heavy atom. The number of aliphatic hydroxyl groups excluding tert-OH is 1. The quantitative estimate of drug-likeness (QED) is 0.0542. The molecule has 0 spiro atoms. The van der Waals surface area contributed by atoms with Gasteiger partial charge in [0.2, 0.25) is 0 Å². The van der Waals surface area contributed by atoms with Crippen LogP contribution < -0.4 is 24.9 Å². The van der Waals surface area contributed by atoms with E-state index < -0.39 is 14.6 Å². The molecule has 23 nitrogen and oxygen atoms in total. The molecule has 4 atom stereocenters. The van der Waals surface area contributed by atoms with Gasteiger partial charge < -0.3 is 49.3 Å². The SMILES string of the molecule is C.C.C.C.C.C.C.C.C.CC(C)(C)c1ccc(C(C)(C)C)nc1.CC(C)c1ccc(C(C)(C)S(C)(=O)=O)nc1.CC(C)c1ccc(C(C)N2CCCC2)nc1.CC(C)c1ccc(C(C)N2CCOCC2)nc1.CC(C)c1ccc(N(C)C2CCN(C)C2)nc1.CC(C)c1ccc(N(C)CCN(C)C)nc1.CC(C)c1ccc(N(C)CCO)nc1.CC(C)c1ccc(N[C@@H]2CCOC2)nc1.CN(C)c1ccc(C(C)(C)C)cn1. The monoisotopic (exact) mass is 2060 g/mol. The Labute approximate surface area is 904 Å². The van der Waals surface area contributed by atoms with E-state index in [-0.39, 0.29) is 89.7 Å². The lowest BCUT2D eigenvalue weighted by molar-refractivity contribution is 0.0190. The van der Waals surface area contributed by atoms with E-state index in [1.54, 1.807) is 26.1 Å². The van der Waals surface area contributed by atoms with Crippen LogP contribution in [0, 0.1) is 0 Å². The third kappa shape index (κ3) is 51.1. The highest BCUT2D eigenvalue weighted by Gasteiger charge is 2.34. The maximum atomic E-state index is 11.6. The van der Waals surface area contributed by atoms with Crippen LogP contribution in [0.4, 0.5) is 29.1 Å². The van der Waals surface area contributed by atoms with Crippen LogP contribution in [-0.4, -0.2) is 245 Å². The lowest BCUT2D eigenvalue weighted by Crippen LogP contribution is -2.38. The number of sulfone groups is 1. The molecule has 147 heavy (non-hydrogen) atoms. The smallest absolute Gasteiger partial charge is 0.158 e. The summed E-state index contributed by atoms with van der Waals surface area (Å²) < 4.78 is 33.0. The van der Waals surface area contributed by atoms with Gasteiger partial charge in [-0.3, -0.25) is 29.7 Å². The number of pyridine rings is 9. The predicted octanol–water partition coefficient (Wildman–Crippen LogP) is 28.9. The molecule has 0 aliphatic carbocycles. The first-order chi connectivity index (χ1) is 64.6. The molecule has 13 rings (SSSR count). The lowest BCUT2D eigenvalue weighted by Gasteiger charge is -2.31. The first kappa shape index (κ1) is 146.